The maximum atomic E-state index is 12.8. The molecule has 2 aliphatic rings. The molecule has 2 aliphatic heterocycles. The molecule has 0 saturated carbocycles. The fourth-order valence-corrected chi connectivity index (χ4v) is 6.89. The number of nitrogens with zero attached hydrogens (tertiary/aromatic N) is 2. The zero-order valence-corrected chi connectivity index (χ0v) is 23.8. The van der Waals surface area contributed by atoms with Crippen molar-refractivity contribution < 1.29 is 4.79 Å². The van der Waals surface area contributed by atoms with Crippen LogP contribution in [0.1, 0.15) is 133 Å². The number of carbonyl (C=O) groups is 1. The van der Waals surface area contributed by atoms with Crippen LogP contribution in [0.15, 0.2) is 48.5 Å². The summed E-state index contributed by atoms with van der Waals surface area (Å²) >= 11 is 0. The fraction of sp³-hybridized carbons (Fsp3) is 0.606. The van der Waals surface area contributed by atoms with E-state index in [4.69, 9.17) is 0 Å². The van der Waals surface area contributed by atoms with Crippen molar-refractivity contribution in [3.05, 3.63) is 70.8 Å². The number of carbonyl (C=O) groups excluding carboxylic acids is 1. The fourth-order valence-electron chi connectivity index (χ4n) is 6.89. The van der Waals surface area contributed by atoms with Gasteiger partial charge in [-0.3, -0.25) is 9.69 Å². The Morgan fingerprint density at radius 2 is 1.44 bits per heavy atom. The van der Waals surface area contributed by atoms with Gasteiger partial charge in [-0.25, -0.2) is 0 Å². The van der Waals surface area contributed by atoms with Gasteiger partial charge in [0.2, 0.25) is 5.91 Å². The van der Waals surface area contributed by atoms with Crippen LogP contribution >= 0.6 is 0 Å². The second-order valence-electron chi connectivity index (χ2n) is 12.6. The van der Waals surface area contributed by atoms with E-state index in [1.165, 1.54) is 48.9 Å². The Morgan fingerprint density at radius 3 is 2.08 bits per heavy atom. The summed E-state index contributed by atoms with van der Waals surface area (Å²) in [4.78, 5) is 17.7. The first-order valence-corrected chi connectivity index (χ1v) is 14.3. The van der Waals surface area contributed by atoms with Crippen molar-refractivity contribution in [3.63, 3.8) is 0 Å². The molecule has 0 N–H and O–H groups in total. The zero-order valence-electron chi connectivity index (χ0n) is 23.8. The Balaban J connectivity index is 1.47. The molecule has 2 heterocycles. The van der Waals surface area contributed by atoms with Gasteiger partial charge in [0, 0.05) is 24.0 Å². The first-order valence-electron chi connectivity index (χ1n) is 14.3. The van der Waals surface area contributed by atoms with Gasteiger partial charge in [0.15, 0.2) is 0 Å². The predicted molar refractivity (Wildman–Crippen MR) is 151 cm³/mol. The average Bonchev–Trinajstić information content (AvgIpc) is 3.49. The number of likely N-dealkylation sites (tertiary alicyclic amines) is 2. The molecule has 2 aromatic carbocycles. The van der Waals surface area contributed by atoms with Crippen LogP contribution in [0.25, 0.3) is 0 Å². The molecule has 4 unspecified atom stereocenters. The van der Waals surface area contributed by atoms with Crippen LogP contribution in [0.2, 0.25) is 0 Å². The molecule has 0 aliphatic carbocycles. The van der Waals surface area contributed by atoms with E-state index < -0.39 is 0 Å². The van der Waals surface area contributed by atoms with Gasteiger partial charge in [-0.15, -0.1) is 0 Å². The Labute approximate surface area is 220 Å². The van der Waals surface area contributed by atoms with Crippen molar-refractivity contribution >= 4 is 5.91 Å². The Bertz CT molecular complexity index is 1040. The van der Waals surface area contributed by atoms with Crippen LogP contribution in [0.4, 0.5) is 0 Å². The smallest absolute Gasteiger partial charge is 0.223 e. The Kier molecular flexibility index (Phi) is 8.29. The summed E-state index contributed by atoms with van der Waals surface area (Å²) in [5.74, 6) is 1.33. The third-order valence-corrected chi connectivity index (χ3v) is 8.68. The molecule has 1 amide bonds. The van der Waals surface area contributed by atoms with Crippen molar-refractivity contribution in [1.82, 2.24) is 9.80 Å². The summed E-state index contributed by atoms with van der Waals surface area (Å²) < 4.78 is 0. The van der Waals surface area contributed by atoms with E-state index in [1.54, 1.807) is 5.56 Å². The molecule has 36 heavy (non-hydrogen) atoms. The molecule has 2 fully saturated rings. The second kappa shape index (κ2) is 11.1. The number of hydrogen-bond donors (Lipinski definition) is 0. The van der Waals surface area contributed by atoms with Crippen LogP contribution < -0.4 is 0 Å². The molecule has 0 radical (unpaired) electrons. The maximum Gasteiger partial charge on any atom is 0.223 e. The van der Waals surface area contributed by atoms with E-state index >= 15 is 0 Å². The highest BCUT2D eigenvalue weighted by Crippen LogP contribution is 2.42. The maximum absolute atomic E-state index is 12.8. The Morgan fingerprint density at radius 1 is 0.833 bits per heavy atom. The first-order chi connectivity index (χ1) is 17.1. The van der Waals surface area contributed by atoms with Crippen molar-refractivity contribution in [2.24, 2.45) is 0 Å². The molecule has 0 spiro atoms. The highest BCUT2D eigenvalue weighted by atomic mass is 16.2. The highest BCUT2D eigenvalue weighted by Gasteiger charge is 2.40. The van der Waals surface area contributed by atoms with Gasteiger partial charge in [0.05, 0.1) is 6.04 Å². The van der Waals surface area contributed by atoms with Crippen LogP contribution in [-0.4, -0.2) is 33.8 Å². The lowest BCUT2D eigenvalue weighted by Gasteiger charge is -2.38. The van der Waals surface area contributed by atoms with E-state index in [0.29, 0.717) is 36.2 Å². The summed E-state index contributed by atoms with van der Waals surface area (Å²) in [6.07, 6.45) is 6.52. The summed E-state index contributed by atoms with van der Waals surface area (Å²) in [5, 5.41) is 0. The van der Waals surface area contributed by atoms with Gasteiger partial charge >= 0.3 is 0 Å². The summed E-state index contributed by atoms with van der Waals surface area (Å²) in [6, 6.07) is 19.3. The lowest BCUT2D eigenvalue weighted by atomic mass is 9.86. The third-order valence-electron chi connectivity index (χ3n) is 8.68. The molecule has 2 aromatic rings. The number of benzene rings is 2. The van der Waals surface area contributed by atoms with Crippen LogP contribution in [0, 0.1) is 0 Å². The largest absolute Gasteiger partial charge is 0.331 e. The normalized spacial score (nSPS) is 23.0. The molecular formula is C33H48N2O. The third kappa shape index (κ3) is 5.57. The molecule has 0 bridgehead atoms. The molecule has 2 saturated heterocycles. The van der Waals surface area contributed by atoms with Crippen LogP contribution in [0.3, 0.4) is 0 Å². The first kappa shape index (κ1) is 26.9. The molecule has 3 heteroatoms. The molecule has 196 valence electrons. The molecular weight excluding hydrogens is 440 g/mol. The highest BCUT2D eigenvalue weighted by molar-refractivity contribution is 5.80. The van der Waals surface area contributed by atoms with E-state index in [2.05, 4.69) is 107 Å². The van der Waals surface area contributed by atoms with Crippen molar-refractivity contribution in [2.45, 2.75) is 122 Å². The molecule has 0 aromatic heterocycles. The van der Waals surface area contributed by atoms with Gasteiger partial charge in [-0.1, -0.05) is 69.3 Å². The van der Waals surface area contributed by atoms with Crippen molar-refractivity contribution in [1.29, 1.82) is 0 Å². The van der Waals surface area contributed by atoms with Crippen molar-refractivity contribution in [3.8, 4) is 0 Å². The van der Waals surface area contributed by atoms with Gasteiger partial charge in [0.1, 0.15) is 0 Å². The lowest BCUT2D eigenvalue weighted by Crippen LogP contribution is -2.43. The summed E-state index contributed by atoms with van der Waals surface area (Å²) in [6.45, 7) is 17.2. The van der Waals surface area contributed by atoms with Gasteiger partial charge in [-0.05, 0) is 100 Å². The van der Waals surface area contributed by atoms with E-state index in [-0.39, 0.29) is 11.6 Å². The minimum Gasteiger partial charge on any atom is -0.331 e. The predicted octanol–water partition coefficient (Wildman–Crippen LogP) is 8.38. The van der Waals surface area contributed by atoms with E-state index in [9.17, 15) is 4.79 Å². The SMILES string of the molecule is CC(C)c1ccccc1C1CCCN1C(C)CCC(C)c1ccccc1C1CCC(=O)N1C(C)(C)C. The van der Waals surface area contributed by atoms with Crippen LogP contribution in [-0.2, 0) is 4.79 Å². The Hall–Kier alpha value is -2.13. The summed E-state index contributed by atoms with van der Waals surface area (Å²) in [5.41, 5.74) is 5.70. The van der Waals surface area contributed by atoms with E-state index in [1.807, 2.05) is 0 Å². The number of rotatable bonds is 8. The minimum absolute atomic E-state index is 0.153. The van der Waals surface area contributed by atoms with E-state index in [0.717, 1.165) is 6.42 Å². The monoisotopic (exact) mass is 488 g/mol. The zero-order chi connectivity index (χ0) is 26.0. The van der Waals surface area contributed by atoms with Crippen LogP contribution in [0.5, 0.6) is 0 Å². The summed E-state index contributed by atoms with van der Waals surface area (Å²) in [7, 11) is 0. The average molecular weight is 489 g/mol. The number of hydrogen-bond acceptors (Lipinski definition) is 2. The second-order valence-corrected chi connectivity index (χ2v) is 12.6. The van der Waals surface area contributed by atoms with Gasteiger partial charge in [-0.2, -0.15) is 0 Å². The molecule has 3 nitrogen and oxygen atoms in total. The lowest BCUT2D eigenvalue weighted by molar-refractivity contribution is -0.133. The standard InChI is InChI=1S/C33H48N2O/c1-23(2)26-13-8-10-15-28(26)30-17-12-22-34(30)25(4)19-18-24(3)27-14-9-11-16-29(27)31-20-21-32(36)35(31)33(5,6)7/h8-11,13-16,23-25,30-31H,12,17-22H2,1-7H3. The molecule has 4 rings (SSSR count). The van der Waals surface area contributed by atoms with Gasteiger partial charge < -0.3 is 4.90 Å². The van der Waals surface area contributed by atoms with Gasteiger partial charge in [0.25, 0.3) is 0 Å². The number of amides is 1. The molecule has 4 atom stereocenters. The quantitative estimate of drug-likeness (QED) is 0.372. The van der Waals surface area contributed by atoms with Crippen molar-refractivity contribution in [2.75, 3.05) is 6.54 Å². The topological polar surface area (TPSA) is 23.6 Å². The minimum atomic E-state index is -0.153.